The summed E-state index contributed by atoms with van der Waals surface area (Å²) in [5, 5.41) is 0. The third-order valence-electron chi connectivity index (χ3n) is 3.84. The molecule has 0 bridgehead atoms. The number of ketones is 1. The third kappa shape index (κ3) is 5.21. The van der Waals surface area contributed by atoms with Gasteiger partial charge < -0.3 is 0 Å². The van der Waals surface area contributed by atoms with Gasteiger partial charge in [-0.3, -0.25) is 8.98 Å². The van der Waals surface area contributed by atoms with Crippen LogP contribution in [0.1, 0.15) is 49.8 Å². The lowest BCUT2D eigenvalue weighted by atomic mass is 10.0. The Kier molecular flexibility index (Phi) is 6.75. The highest BCUT2D eigenvalue weighted by atomic mass is 32.2. The second-order valence-electron chi connectivity index (χ2n) is 6.03. The largest absolute Gasteiger partial charge is 0.297 e. The Hall–Kier alpha value is -1.20. The van der Waals surface area contributed by atoms with Crippen molar-refractivity contribution in [2.45, 2.75) is 58.8 Å². The van der Waals surface area contributed by atoms with Crippen LogP contribution in [0.2, 0.25) is 0 Å². The van der Waals surface area contributed by atoms with Crippen molar-refractivity contribution in [3.63, 3.8) is 0 Å². The van der Waals surface area contributed by atoms with E-state index in [0.29, 0.717) is 23.5 Å². The van der Waals surface area contributed by atoms with Crippen molar-refractivity contribution in [2.75, 3.05) is 6.61 Å². The van der Waals surface area contributed by atoms with E-state index in [1.54, 1.807) is 26.0 Å². The van der Waals surface area contributed by atoms with Crippen LogP contribution in [0.25, 0.3) is 0 Å². The van der Waals surface area contributed by atoms with E-state index in [0.717, 1.165) is 18.4 Å². The number of hydrogen-bond acceptors (Lipinski definition) is 4. The first-order valence-electron chi connectivity index (χ1n) is 7.66. The van der Waals surface area contributed by atoms with Crippen LogP contribution in [0, 0.1) is 26.7 Å². The van der Waals surface area contributed by atoms with E-state index in [1.165, 1.54) is 0 Å². The van der Waals surface area contributed by atoms with Crippen molar-refractivity contribution >= 4 is 15.9 Å². The minimum Gasteiger partial charge on any atom is -0.297 e. The van der Waals surface area contributed by atoms with Gasteiger partial charge in [0.15, 0.2) is 5.78 Å². The van der Waals surface area contributed by atoms with Crippen LogP contribution >= 0.6 is 0 Å². The van der Waals surface area contributed by atoms with E-state index in [2.05, 4.69) is 13.8 Å². The van der Waals surface area contributed by atoms with E-state index in [4.69, 9.17) is 4.18 Å². The molecule has 0 amide bonds. The summed E-state index contributed by atoms with van der Waals surface area (Å²) in [5.74, 6) is 0.286. The van der Waals surface area contributed by atoms with Crippen molar-refractivity contribution in [3.8, 4) is 0 Å². The number of benzene rings is 1. The highest BCUT2D eigenvalue weighted by Gasteiger charge is 2.22. The van der Waals surface area contributed by atoms with Gasteiger partial charge in [0.1, 0.15) is 6.61 Å². The molecule has 0 spiro atoms. The van der Waals surface area contributed by atoms with E-state index in [1.807, 2.05) is 6.92 Å². The maximum absolute atomic E-state index is 12.3. The molecular formula is C17H26O4S. The summed E-state index contributed by atoms with van der Waals surface area (Å²) in [6.07, 6.45) is 2.13. The SMILES string of the molecule is CCC(C)CCC(=O)COS(=O)(=O)c1c(C)cc(C)cc1C. The van der Waals surface area contributed by atoms with Crippen molar-refractivity contribution in [1.29, 1.82) is 0 Å². The lowest BCUT2D eigenvalue weighted by Crippen LogP contribution is -2.16. The Morgan fingerprint density at radius 1 is 1.18 bits per heavy atom. The van der Waals surface area contributed by atoms with Gasteiger partial charge in [-0.25, -0.2) is 0 Å². The number of hydrogen-bond donors (Lipinski definition) is 0. The normalized spacial score (nSPS) is 13.1. The van der Waals surface area contributed by atoms with Gasteiger partial charge in [0, 0.05) is 6.42 Å². The first-order chi connectivity index (χ1) is 10.2. The van der Waals surface area contributed by atoms with Gasteiger partial charge in [-0.2, -0.15) is 8.42 Å². The fraction of sp³-hybridized carbons (Fsp3) is 0.588. The Labute approximate surface area is 134 Å². The monoisotopic (exact) mass is 326 g/mol. The Morgan fingerprint density at radius 3 is 2.23 bits per heavy atom. The van der Waals surface area contributed by atoms with Crippen LogP contribution < -0.4 is 0 Å². The fourth-order valence-corrected chi connectivity index (χ4v) is 3.76. The fourth-order valence-electron chi connectivity index (χ4n) is 2.45. The third-order valence-corrected chi connectivity index (χ3v) is 5.41. The minimum absolute atomic E-state index is 0.174. The van der Waals surface area contributed by atoms with Gasteiger partial charge >= 0.3 is 0 Å². The minimum atomic E-state index is -3.90. The highest BCUT2D eigenvalue weighted by Crippen LogP contribution is 2.23. The summed E-state index contributed by atoms with van der Waals surface area (Å²) in [6.45, 7) is 9.14. The van der Waals surface area contributed by atoms with Crippen LogP contribution in [0.3, 0.4) is 0 Å². The Bertz CT molecular complexity index is 609. The molecule has 1 unspecified atom stereocenters. The zero-order chi connectivity index (χ0) is 16.9. The molecule has 124 valence electrons. The van der Waals surface area contributed by atoms with Gasteiger partial charge in [0.05, 0.1) is 4.90 Å². The molecule has 5 heteroatoms. The number of Topliss-reactive ketones (excluding diaryl/α,β-unsaturated/α-hetero) is 1. The van der Waals surface area contributed by atoms with E-state index >= 15 is 0 Å². The van der Waals surface area contributed by atoms with E-state index < -0.39 is 10.1 Å². The predicted octanol–water partition coefficient (Wildman–Crippen LogP) is 3.71. The smallest absolute Gasteiger partial charge is 0.297 e. The van der Waals surface area contributed by atoms with Crippen molar-refractivity contribution in [1.82, 2.24) is 0 Å². The molecule has 4 nitrogen and oxygen atoms in total. The number of carbonyl (C=O) groups is 1. The Balaban J connectivity index is 2.75. The van der Waals surface area contributed by atoms with Gasteiger partial charge in [-0.1, -0.05) is 38.0 Å². The first kappa shape index (κ1) is 18.8. The quantitative estimate of drug-likeness (QED) is 0.683. The zero-order valence-electron chi connectivity index (χ0n) is 14.1. The molecule has 0 aliphatic rings. The molecule has 1 aromatic rings. The lowest BCUT2D eigenvalue weighted by molar-refractivity contribution is -0.121. The topological polar surface area (TPSA) is 60.4 Å². The molecule has 0 saturated heterocycles. The lowest BCUT2D eigenvalue weighted by Gasteiger charge is -2.12. The second kappa shape index (κ2) is 7.88. The van der Waals surface area contributed by atoms with Crippen LogP contribution in [0.4, 0.5) is 0 Å². The standard InChI is InChI=1S/C17H26O4S/c1-6-12(2)7-8-16(18)11-21-22(19,20)17-14(4)9-13(3)10-15(17)5/h9-10,12H,6-8,11H2,1-5H3. The van der Waals surface area contributed by atoms with Crippen LogP contribution in [0.5, 0.6) is 0 Å². The predicted molar refractivity (Wildman–Crippen MR) is 87.5 cm³/mol. The highest BCUT2D eigenvalue weighted by molar-refractivity contribution is 7.86. The average molecular weight is 326 g/mol. The molecule has 1 rings (SSSR count). The second-order valence-corrected chi connectivity index (χ2v) is 7.59. The first-order valence-corrected chi connectivity index (χ1v) is 9.07. The van der Waals surface area contributed by atoms with E-state index in [-0.39, 0.29) is 17.3 Å². The molecule has 0 fully saturated rings. The van der Waals surface area contributed by atoms with Crippen molar-refractivity contribution in [2.24, 2.45) is 5.92 Å². The average Bonchev–Trinajstić information content (AvgIpc) is 2.41. The van der Waals surface area contributed by atoms with Crippen LogP contribution in [-0.2, 0) is 19.1 Å². The zero-order valence-corrected chi connectivity index (χ0v) is 14.9. The molecule has 0 saturated carbocycles. The van der Waals surface area contributed by atoms with Gasteiger partial charge in [-0.15, -0.1) is 0 Å². The summed E-state index contributed by atoms with van der Waals surface area (Å²) in [4.78, 5) is 11.9. The molecular weight excluding hydrogens is 300 g/mol. The van der Waals surface area contributed by atoms with Crippen LogP contribution in [0.15, 0.2) is 17.0 Å². The summed E-state index contributed by atoms with van der Waals surface area (Å²) in [5.41, 5.74) is 2.28. The molecule has 0 heterocycles. The molecule has 1 aromatic carbocycles. The maximum atomic E-state index is 12.3. The molecule has 0 aliphatic carbocycles. The van der Waals surface area contributed by atoms with Gasteiger partial charge in [0.2, 0.25) is 0 Å². The molecule has 0 aromatic heterocycles. The van der Waals surface area contributed by atoms with Gasteiger partial charge in [0.25, 0.3) is 10.1 Å². The molecule has 0 radical (unpaired) electrons. The number of rotatable bonds is 8. The molecule has 22 heavy (non-hydrogen) atoms. The van der Waals surface area contributed by atoms with Crippen molar-refractivity contribution in [3.05, 3.63) is 28.8 Å². The van der Waals surface area contributed by atoms with Gasteiger partial charge in [-0.05, 0) is 44.2 Å². The summed E-state index contributed by atoms with van der Waals surface area (Å²) in [6, 6.07) is 3.60. The molecule has 1 atom stereocenters. The summed E-state index contributed by atoms with van der Waals surface area (Å²) < 4.78 is 29.6. The number of aryl methyl sites for hydroxylation is 3. The maximum Gasteiger partial charge on any atom is 0.297 e. The Morgan fingerprint density at radius 2 is 1.73 bits per heavy atom. The van der Waals surface area contributed by atoms with Crippen molar-refractivity contribution < 1.29 is 17.4 Å². The number of carbonyl (C=O) groups excluding carboxylic acids is 1. The molecule has 0 N–H and O–H groups in total. The van der Waals surface area contributed by atoms with Crippen LogP contribution in [-0.4, -0.2) is 20.8 Å². The van der Waals surface area contributed by atoms with E-state index in [9.17, 15) is 13.2 Å². The summed E-state index contributed by atoms with van der Waals surface area (Å²) >= 11 is 0. The molecule has 0 aliphatic heterocycles. The summed E-state index contributed by atoms with van der Waals surface area (Å²) in [7, 11) is -3.90.